The van der Waals surface area contributed by atoms with Crippen LogP contribution >= 0.6 is 0 Å². The highest BCUT2D eigenvalue weighted by molar-refractivity contribution is 7.83. The molecular weight excluding hydrogens is 459 g/mol. The molecule has 1 unspecified atom stereocenters. The van der Waals surface area contributed by atoms with Crippen LogP contribution in [0.5, 0.6) is 5.75 Å². The zero-order valence-corrected chi connectivity index (χ0v) is 20.5. The molecule has 2 aromatic carbocycles. The Labute approximate surface area is 200 Å². The van der Waals surface area contributed by atoms with Gasteiger partial charge in [-0.05, 0) is 61.5 Å². The van der Waals surface area contributed by atoms with Crippen molar-refractivity contribution < 1.29 is 18.2 Å². The zero-order valence-electron chi connectivity index (χ0n) is 19.7. The standard InChI is InChI=1S/C23H27FN6O3S/c1-16-28-21(29-30(16)15-18-7-6-8-20(13-18)34(31)26-5)22(25-4)33-27-14-17-9-11-19(12-10-17)32-23(2,3)24/h6-14,26H,15H2,1-5H3/b25-22?,27-14+. The molecule has 0 aliphatic rings. The molecule has 0 aliphatic heterocycles. The van der Waals surface area contributed by atoms with Crippen LogP contribution in [0.3, 0.4) is 0 Å². The average Bonchev–Trinajstić information content (AvgIpc) is 3.16. The number of ether oxygens (including phenoxy) is 1. The molecule has 3 rings (SSSR count). The summed E-state index contributed by atoms with van der Waals surface area (Å²) in [6.45, 7) is 4.94. The molecule has 0 amide bonds. The highest BCUT2D eigenvalue weighted by atomic mass is 32.2. The molecule has 1 atom stereocenters. The quantitative estimate of drug-likeness (QED) is 0.284. The maximum absolute atomic E-state index is 13.6. The van der Waals surface area contributed by atoms with Crippen LogP contribution in [0, 0.1) is 6.92 Å². The van der Waals surface area contributed by atoms with E-state index in [9.17, 15) is 8.60 Å². The summed E-state index contributed by atoms with van der Waals surface area (Å²) in [7, 11) is 1.93. The monoisotopic (exact) mass is 486 g/mol. The van der Waals surface area contributed by atoms with Gasteiger partial charge in [0, 0.05) is 20.9 Å². The first kappa shape index (κ1) is 25.2. The predicted molar refractivity (Wildman–Crippen MR) is 129 cm³/mol. The summed E-state index contributed by atoms with van der Waals surface area (Å²) in [6, 6.07) is 14.2. The Morgan fingerprint density at radius 1 is 1.26 bits per heavy atom. The lowest BCUT2D eigenvalue weighted by atomic mass is 10.2. The SMILES string of the molecule is CN=C(O/N=C/c1ccc(OC(C)(C)F)cc1)c1nc(C)n(Cc2cccc(S(=O)NC)c2)n1. The lowest BCUT2D eigenvalue weighted by molar-refractivity contribution is -0.0257. The van der Waals surface area contributed by atoms with Gasteiger partial charge in [-0.2, -0.15) is 4.39 Å². The van der Waals surface area contributed by atoms with Crippen LogP contribution in [0.25, 0.3) is 0 Å². The second-order valence-corrected chi connectivity index (χ2v) is 9.07. The lowest BCUT2D eigenvalue weighted by Gasteiger charge is -2.16. The summed E-state index contributed by atoms with van der Waals surface area (Å²) in [5.41, 5.74) is 1.66. The molecule has 3 aromatic rings. The third kappa shape index (κ3) is 7.03. The Hall–Kier alpha value is -3.44. The topological polar surface area (TPSA) is 103 Å². The fourth-order valence-electron chi connectivity index (χ4n) is 2.93. The zero-order chi connectivity index (χ0) is 24.7. The molecular formula is C23H27FN6O3S. The minimum Gasteiger partial charge on any atom is -0.459 e. The van der Waals surface area contributed by atoms with E-state index in [2.05, 4.69) is 25.0 Å². The largest absolute Gasteiger partial charge is 0.459 e. The molecule has 0 aliphatic carbocycles. The van der Waals surface area contributed by atoms with E-state index in [0.717, 1.165) is 11.1 Å². The number of alkyl halides is 1. The minimum absolute atomic E-state index is 0.155. The Balaban J connectivity index is 1.67. The smallest absolute Gasteiger partial charge is 0.290 e. The van der Waals surface area contributed by atoms with Crippen LogP contribution in [0.4, 0.5) is 4.39 Å². The van der Waals surface area contributed by atoms with Gasteiger partial charge in [0.05, 0.1) is 17.7 Å². The molecule has 1 N–H and O–H groups in total. The molecule has 0 saturated heterocycles. The summed E-state index contributed by atoms with van der Waals surface area (Å²) in [5.74, 6) is -0.235. The second kappa shape index (κ2) is 11.1. The van der Waals surface area contributed by atoms with E-state index < -0.39 is 16.8 Å². The molecule has 0 fully saturated rings. The van der Waals surface area contributed by atoms with Crippen LogP contribution in [-0.2, 0) is 22.4 Å². The molecule has 1 heterocycles. The Kier molecular flexibility index (Phi) is 8.24. The number of aryl methyl sites for hydroxylation is 1. The van der Waals surface area contributed by atoms with Crippen molar-refractivity contribution in [2.24, 2.45) is 10.1 Å². The molecule has 0 saturated carbocycles. The summed E-state index contributed by atoms with van der Waals surface area (Å²) >= 11 is 0. The van der Waals surface area contributed by atoms with E-state index in [1.807, 2.05) is 25.1 Å². The van der Waals surface area contributed by atoms with Crippen molar-refractivity contribution >= 4 is 23.1 Å². The maximum atomic E-state index is 13.6. The van der Waals surface area contributed by atoms with E-state index in [4.69, 9.17) is 9.57 Å². The number of oxime groups is 1. The van der Waals surface area contributed by atoms with Crippen molar-refractivity contribution in [3.05, 3.63) is 71.3 Å². The van der Waals surface area contributed by atoms with E-state index in [1.54, 1.807) is 49.1 Å². The second-order valence-electron chi connectivity index (χ2n) is 7.65. The van der Waals surface area contributed by atoms with Gasteiger partial charge >= 0.3 is 0 Å². The molecule has 1 aromatic heterocycles. The van der Waals surface area contributed by atoms with E-state index in [-0.39, 0.29) is 5.90 Å². The first-order valence-electron chi connectivity index (χ1n) is 10.4. The minimum atomic E-state index is -1.76. The van der Waals surface area contributed by atoms with Crippen molar-refractivity contribution in [1.29, 1.82) is 0 Å². The molecule has 180 valence electrons. The van der Waals surface area contributed by atoms with Gasteiger partial charge in [-0.3, -0.25) is 0 Å². The van der Waals surface area contributed by atoms with Crippen molar-refractivity contribution in [2.75, 3.05) is 14.1 Å². The summed E-state index contributed by atoms with van der Waals surface area (Å²) in [5, 5.41) is 8.43. The lowest BCUT2D eigenvalue weighted by Crippen LogP contribution is -2.20. The summed E-state index contributed by atoms with van der Waals surface area (Å²) in [6.07, 6.45) is 1.49. The number of rotatable bonds is 9. The van der Waals surface area contributed by atoms with E-state index in [0.29, 0.717) is 28.8 Å². The van der Waals surface area contributed by atoms with Crippen LogP contribution < -0.4 is 9.46 Å². The third-order valence-electron chi connectivity index (χ3n) is 4.46. The number of nitrogens with one attached hydrogen (secondary N) is 1. The summed E-state index contributed by atoms with van der Waals surface area (Å²) < 4.78 is 35.2. The van der Waals surface area contributed by atoms with Gasteiger partial charge in [-0.15, -0.1) is 5.10 Å². The number of aromatic nitrogens is 3. The Morgan fingerprint density at radius 3 is 2.65 bits per heavy atom. The predicted octanol–water partition coefficient (Wildman–Crippen LogP) is 3.39. The number of halogens is 1. The van der Waals surface area contributed by atoms with Gasteiger partial charge in [-0.1, -0.05) is 17.3 Å². The number of hydrogen-bond acceptors (Lipinski definition) is 7. The third-order valence-corrected chi connectivity index (χ3v) is 5.52. The van der Waals surface area contributed by atoms with E-state index in [1.165, 1.54) is 20.1 Å². The number of aliphatic imine (C=N–C) groups is 1. The number of hydrogen-bond donors (Lipinski definition) is 1. The van der Waals surface area contributed by atoms with Gasteiger partial charge in [0.1, 0.15) is 22.6 Å². The Bertz CT molecular complexity index is 1200. The molecule has 11 heteroatoms. The van der Waals surface area contributed by atoms with E-state index >= 15 is 0 Å². The molecule has 9 nitrogen and oxygen atoms in total. The highest BCUT2D eigenvalue weighted by Gasteiger charge is 2.17. The van der Waals surface area contributed by atoms with Crippen molar-refractivity contribution in [2.45, 2.75) is 38.1 Å². The van der Waals surface area contributed by atoms with Crippen LogP contribution in [-0.4, -0.2) is 51.0 Å². The summed E-state index contributed by atoms with van der Waals surface area (Å²) in [4.78, 5) is 14.6. The van der Waals surface area contributed by atoms with Crippen molar-refractivity contribution in [3.8, 4) is 5.75 Å². The van der Waals surface area contributed by atoms with Gasteiger partial charge in [-0.25, -0.2) is 23.6 Å². The maximum Gasteiger partial charge on any atom is 0.290 e. The van der Waals surface area contributed by atoms with Crippen LogP contribution in [0.2, 0.25) is 0 Å². The fourth-order valence-corrected chi connectivity index (χ4v) is 3.63. The van der Waals surface area contributed by atoms with Crippen molar-refractivity contribution in [1.82, 2.24) is 19.5 Å². The van der Waals surface area contributed by atoms with Gasteiger partial charge in [0.25, 0.3) is 5.90 Å². The Morgan fingerprint density at radius 2 is 2.00 bits per heavy atom. The van der Waals surface area contributed by atoms with Crippen LogP contribution in [0.1, 0.15) is 36.6 Å². The molecule has 0 spiro atoms. The molecule has 0 radical (unpaired) electrons. The van der Waals surface area contributed by atoms with Crippen molar-refractivity contribution in [3.63, 3.8) is 0 Å². The molecule has 0 bridgehead atoms. The first-order valence-corrected chi connectivity index (χ1v) is 11.6. The van der Waals surface area contributed by atoms with Gasteiger partial charge < -0.3 is 9.57 Å². The fraction of sp³-hybridized carbons (Fsp3) is 0.304. The highest BCUT2D eigenvalue weighted by Crippen LogP contribution is 2.19. The molecule has 34 heavy (non-hydrogen) atoms. The normalized spacial score (nSPS) is 13.3. The van der Waals surface area contributed by atoms with Gasteiger partial charge in [0.15, 0.2) is 0 Å². The van der Waals surface area contributed by atoms with Crippen LogP contribution in [0.15, 0.2) is 63.6 Å². The first-order chi connectivity index (χ1) is 16.2. The van der Waals surface area contributed by atoms with Gasteiger partial charge in [0.2, 0.25) is 11.7 Å². The number of benzene rings is 2. The number of nitrogens with zero attached hydrogens (tertiary/aromatic N) is 5. The average molecular weight is 487 g/mol.